The molecule has 4 heterocycles. The molecule has 4 aliphatic rings. The van der Waals surface area contributed by atoms with Gasteiger partial charge in [0, 0.05) is 61.2 Å². The Labute approximate surface area is 363 Å². The van der Waals surface area contributed by atoms with E-state index in [-0.39, 0.29) is 34.3 Å². The lowest BCUT2D eigenvalue weighted by atomic mass is 9.80. The number of hydrogen-bond acceptors (Lipinski definition) is 7. The Hall–Kier alpha value is -5.77. The van der Waals surface area contributed by atoms with Gasteiger partial charge in [-0.3, -0.25) is 4.79 Å². The van der Waals surface area contributed by atoms with Crippen LogP contribution < -0.4 is 21.3 Å². The molecule has 2 aromatic heterocycles. The third-order valence-corrected chi connectivity index (χ3v) is 14.5. The van der Waals surface area contributed by atoms with Gasteiger partial charge in [-0.15, -0.1) is 0 Å². The minimum Gasteiger partial charge on any atom is -0.369 e. The van der Waals surface area contributed by atoms with Crippen molar-refractivity contribution >= 4 is 17.2 Å². The largest absolute Gasteiger partial charge is 0.369 e. The van der Waals surface area contributed by atoms with Crippen LogP contribution in [0.25, 0.3) is 22.3 Å². The van der Waals surface area contributed by atoms with Crippen molar-refractivity contribution in [2.24, 2.45) is 11.5 Å². The lowest BCUT2D eigenvalue weighted by Gasteiger charge is -2.28. The minimum atomic E-state index is -0.532. The van der Waals surface area contributed by atoms with Gasteiger partial charge in [-0.25, -0.2) is 18.7 Å². The molecule has 2 aliphatic carbocycles. The molecular weight excluding hydrogens is 775 g/mol. The summed E-state index contributed by atoms with van der Waals surface area (Å²) in [7, 11) is 0. The highest BCUT2D eigenvalue weighted by molar-refractivity contribution is 6.13. The molecule has 0 saturated carbocycles. The van der Waals surface area contributed by atoms with E-state index in [0.717, 1.165) is 60.3 Å². The zero-order valence-electron chi connectivity index (χ0n) is 36.0. The van der Waals surface area contributed by atoms with E-state index >= 15 is 8.78 Å². The first-order valence-corrected chi connectivity index (χ1v) is 22.2. The molecule has 0 bridgehead atoms. The molecule has 4 unspecified atom stereocenters. The van der Waals surface area contributed by atoms with E-state index in [1.54, 1.807) is 0 Å². The molecule has 0 radical (unpaired) electrons. The molecule has 4 atom stereocenters. The first-order chi connectivity index (χ1) is 29.8. The molecule has 6 aromatic rings. The third kappa shape index (κ3) is 6.63. The van der Waals surface area contributed by atoms with Gasteiger partial charge >= 0.3 is 0 Å². The molecule has 2 saturated heterocycles. The molecule has 316 valence electrons. The fourth-order valence-corrected chi connectivity index (χ4v) is 11.6. The zero-order chi connectivity index (χ0) is 43.1. The fraction of sp³-hybridized carbons (Fsp3) is 0.340. The minimum absolute atomic E-state index is 0.100. The number of rotatable bonds is 8. The SMILES string of the molecule is CC(C)c1ccccc1-c1ccc2c(c1)C(N)CC21CCN(c2cc(F)cnc2C(=O)c2ncc(F)cc2N2CCC3(CC(N)c4cc(-c5ccccc5C(C)C)ccc43)C2)C1. The lowest BCUT2D eigenvalue weighted by Crippen LogP contribution is -2.32. The number of anilines is 2. The van der Waals surface area contributed by atoms with Crippen molar-refractivity contribution in [3.63, 3.8) is 0 Å². The van der Waals surface area contributed by atoms with Crippen molar-refractivity contribution in [2.75, 3.05) is 36.0 Å². The van der Waals surface area contributed by atoms with Crippen LogP contribution in [-0.2, 0) is 10.8 Å². The summed E-state index contributed by atoms with van der Waals surface area (Å²) in [6.45, 7) is 11.2. The van der Waals surface area contributed by atoms with Crippen molar-refractivity contribution in [3.05, 3.63) is 166 Å². The molecule has 2 fully saturated rings. The Morgan fingerprint density at radius 1 is 0.629 bits per heavy atom. The summed E-state index contributed by atoms with van der Waals surface area (Å²) >= 11 is 0. The number of carbonyl (C=O) groups excluding carboxylic acids is 1. The van der Waals surface area contributed by atoms with Gasteiger partial charge in [-0.2, -0.15) is 0 Å². The number of nitrogens with two attached hydrogens (primary N) is 2. The van der Waals surface area contributed by atoms with Crippen LogP contribution in [0.15, 0.2) is 109 Å². The average Bonchev–Trinajstić information content (AvgIpc) is 4.04. The van der Waals surface area contributed by atoms with E-state index in [1.807, 2.05) is 0 Å². The van der Waals surface area contributed by atoms with E-state index in [2.05, 4.69) is 132 Å². The molecule has 2 aliphatic heterocycles. The third-order valence-electron chi connectivity index (χ3n) is 14.5. The average molecular weight is 829 g/mol. The summed E-state index contributed by atoms with van der Waals surface area (Å²) in [6.07, 6.45) is 5.26. The summed E-state index contributed by atoms with van der Waals surface area (Å²) in [4.78, 5) is 27.8. The quantitative estimate of drug-likeness (QED) is 0.147. The number of ketones is 1. The number of nitrogens with zero attached hydrogens (tertiary/aromatic N) is 4. The van der Waals surface area contributed by atoms with Crippen LogP contribution in [-0.4, -0.2) is 41.9 Å². The Kier molecular flexibility index (Phi) is 9.91. The zero-order valence-corrected chi connectivity index (χ0v) is 36.0. The monoisotopic (exact) mass is 828 g/mol. The summed E-state index contributed by atoms with van der Waals surface area (Å²) in [5, 5.41) is 0. The van der Waals surface area contributed by atoms with Gasteiger partial charge < -0.3 is 21.3 Å². The summed E-state index contributed by atoms with van der Waals surface area (Å²) < 4.78 is 30.4. The molecule has 4 aromatic carbocycles. The Balaban J connectivity index is 0.937. The predicted octanol–water partition coefficient (Wildman–Crippen LogP) is 10.7. The number of halogens is 2. The fourth-order valence-electron chi connectivity index (χ4n) is 11.6. The first-order valence-electron chi connectivity index (χ1n) is 22.2. The Morgan fingerprint density at radius 3 is 1.47 bits per heavy atom. The van der Waals surface area contributed by atoms with E-state index < -0.39 is 17.4 Å². The maximum absolute atomic E-state index is 15.2. The molecule has 4 N–H and O–H groups in total. The van der Waals surface area contributed by atoms with Gasteiger partial charge in [0.05, 0.1) is 23.8 Å². The maximum Gasteiger partial charge on any atom is 0.233 e. The highest BCUT2D eigenvalue weighted by Crippen LogP contribution is 2.53. The number of aromatic nitrogens is 2. The van der Waals surface area contributed by atoms with E-state index in [9.17, 15) is 4.79 Å². The molecule has 62 heavy (non-hydrogen) atoms. The van der Waals surface area contributed by atoms with Gasteiger partial charge in [0.2, 0.25) is 5.78 Å². The van der Waals surface area contributed by atoms with Gasteiger partial charge in [-0.1, -0.05) is 100 Å². The second-order valence-corrected chi connectivity index (χ2v) is 19.0. The smallest absolute Gasteiger partial charge is 0.233 e. The van der Waals surface area contributed by atoms with Crippen molar-refractivity contribution < 1.29 is 13.6 Å². The maximum atomic E-state index is 15.2. The van der Waals surface area contributed by atoms with Crippen LogP contribution in [0.5, 0.6) is 0 Å². The van der Waals surface area contributed by atoms with Crippen molar-refractivity contribution in [1.29, 1.82) is 0 Å². The number of benzene rings is 4. The van der Waals surface area contributed by atoms with Crippen LogP contribution in [0.2, 0.25) is 0 Å². The molecule has 0 amide bonds. The standard InChI is InChI=1S/C53H54F2N6O/c1-31(2)37-9-5-7-11-39(37)33-13-15-43-41(21-33)45(56)25-52(43)17-19-60(29-52)47-23-35(54)27-58-49(47)51(62)50-48(24-36(55)28-59-50)61-20-18-53(30-61)26-46(57)42-22-34(14-16-44(42)53)40-12-8-6-10-38(40)32(3)4/h5-16,21-24,27-28,31-32,45-46H,17-20,25-26,29-30,56-57H2,1-4H3. The van der Waals surface area contributed by atoms with E-state index in [0.29, 0.717) is 49.4 Å². The van der Waals surface area contributed by atoms with E-state index in [1.165, 1.54) is 45.5 Å². The van der Waals surface area contributed by atoms with Gasteiger partial charge in [0.1, 0.15) is 23.0 Å². The van der Waals surface area contributed by atoms with Crippen molar-refractivity contribution in [2.45, 2.75) is 88.1 Å². The topological polar surface area (TPSA) is 101 Å². The van der Waals surface area contributed by atoms with Gasteiger partial charge in [-0.05, 0) is 105 Å². The lowest BCUT2D eigenvalue weighted by molar-refractivity contribution is 0.103. The number of hydrogen-bond donors (Lipinski definition) is 2. The first kappa shape index (κ1) is 40.3. The summed E-state index contributed by atoms with van der Waals surface area (Å²) in [5.41, 5.74) is 26.4. The van der Waals surface area contributed by atoms with Crippen molar-refractivity contribution in [3.8, 4) is 22.3 Å². The van der Waals surface area contributed by atoms with E-state index in [4.69, 9.17) is 11.5 Å². The van der Waals surface area contributed by atoms with Gasteiger partial charge in [0.25, 0.3) is 0 Å². The van der Waals surface area contributed by atoms with Crippen LogP contribution in [0.1, 0.15) is 127 Å². The second-order valence-electron chi connectivity index (χ2n) is 19.0. The number of fused-ring (bicyclic) bond motifs is 4. The van der Waals surface area contributed by atoms with Gasteiger partial charge in [0.15, 0.2) is 0 Å². The molecule has 9 heteroatoms. The molecular formula is C53H54F2N6O. The van der Waals surface area contributed by atoms with Crippen molar-refractivity contribution in [1.82, 2.24) is 9.97 Å². The number of pyridine rings is 2. The Bertz CT molecular complexity index is 2570. The summed E-state index contributed by atoms with van der Waals surface area (Å²) in [5.74, 6) is -0.773. The Morgan fingerprint density at radius 2 is 1.05 bits per heavy atom. The predicted molar refractivity (Wildman–Crippen MR) is 244 cm³/mol. The van der Waals surface area contributed by atoms with Crippen LogP contribution in [0.3, 0.4) is 0 Å². The number of carbonyl (C=O) groups is 1. The second kappa shape index (κ2) is 15.2. The summed E-state index contributed by atoms with van der Waals surface area (Å²) in [6, 6.07) is 32.9. The van der Waals surface area contributed by atoms with Crippen LogP contribution in [0.4, 0.5) is 20.2 Å². The van der Waals surface area contributed by atoms with Crippen LogP contribution >= 0.6 is 0 Å². The highest BCUT2D eigenvalue weighted by Gasteiger charge is 2.49. The molecule has 2 spiro atoms. The van der Waals surface area contributed by atoms with Crippen LogP contribution in [0, 0.1) is 11.6 Å². The normalized spacial score (nSPS) is 22.7. The molecule has 7 nitrogen and oxygen atoms in total. The molecule has 10 rings (SSSR count). The highest BCUT2D eigenvalue weighted by atomic mass is 19.1.